The summed E-state index contributed by atoms with van der Waals surface area (Å²) < 4.78 is 0. The molecule has 0 fully saturated rings. The molecule has 0 saturated carbocycles. The Morgan fingerprint density at radius 2 is 2.26 bits per heavy atom. The zero-order valence-corrected chi connectivity index (χ0v) is 11.4. The molecule has 2 nitrogen and oxygen atoms in total. The Morgan fingerprint density at radius 3 is 3.16 bits per heavy atom. The average Bonchev–Trinajstić information content (AvgIpc) is 2.83. The Bertz CT molecular complexity index is 627. The van der Waals surface area contributed by atoms with E-state index in [4.69, 9.17) is 0 Å². The van der Waals surface area contributed by atoms with Gasteiger partial charge in [0.15, 0.2) is 0 Å². The summed E-state index contributed by atoms with van der Waals surface area (Å²) in [4.78, 5) is 3.61. The highest BCUT2D eigenvalue weighted by atomic mass is 14.9. The van der Waals surface area contributed by atoms with E-state index in [1.165, 1.54) is 41.4 Å². The number of nitrogens with one attached hydrogen (secondary N) is 2. The fourth-order valence-electron chi connectivity index (χ4n) is 3.05. The molecule has 0 amide bonds. The number of fused-ring (bicyclic) bond motifs is 3. The number of hydrogen-bond acceptors (Lipinski definition) is 1. The number of rotatable bonds is 3. The molecule has 1 aliphatic carbocycles. The highest BCUT2D eigenvalue weighted by Gasteiger charge is 2.23. The minimum absolute atomic E-state index is 0.467. The summed E-state index contributed by atoms with van der Waals surface area (Å²) in [5.41, 5.74) is 4.19. The van der Waals surface area contributed by atoms with E-state index in [1.807, 2.05) is 6.92 Å². The zero-order chi connectivity index (χ0) is 13.1. The molecule has 2 aromatic rings. The number of hydrogen-bond donors (Lipinski definition) is 2. The van der Waals surface area contributed by atoms with Crippen molar-refractivity contribution in [3.63, 3.8) is 0 Å². The van der Waals surface area contributed by atoms with Crippen molar-refractivity contribution < 1.29 is 0 Å². The van der Waals surface area contributed by atoms with Gasteiger partial charge in [-0.1, -0.05) is 18.2 Å². The SMILES string of the molecule is CC#CCCNC1CCCc2c1[nH]c1ccccc21. The lowest BCUT2D eigenvalue weighted by molar-refractivity contribution is 0.459. The van der Waals surface area contributed by atoms with Gasteiger partial charge in [-0.25, -0.2) is 0 Å². The lowest BCUT2D eigenvalue weighted by Gasteiger charge is -2.23. The van der Waals surface area contributed by atoms with Crippen molar-refractivity contribution in [1.29, 1.82) is 0 Å². The topological polar surface area (TPSA) is 27.8 Å². The quantitative estimate of drug-likeness (QED) is 0.634. The number of aryl methyl sites for hydroxylation is 1. The molecule has 98 valence electrons. The monoisotopic (exact) mass is 252 g/mol. The normalized spacial score (nSPS) is 17.8. The first-order chi connectivity index (χ1) is 9.40. The number of H-pyrrole nitrogens is 1. The van der Waals surface area contributed by atoms with Crippen LogP contribution in [0.5, 0.6) is 0 Å². The minimum Gasteiger partial charge on any atom is -0.357 e. The van der Waals surface area contributed by atoms with Gasteiger partial charge in [0.2, 0.25) is 0 Å². The van der Waals surface area contributed by atoms with E-state index in [0.717, 1.165) is 13.0 Å². The van der Waals surface area contributed by atoms with Crippen molar-refractivity contribution in [3.8, 4) is 11.8 Å². The van der Waals surface area contributed by atoms with Crippen LogP contribution in [0.1, 0.15) is 43.5 Å². The molecule has 1 aromatic heterocycles. The van der Waals surface area contributed by atoms with Crippen molar-refractivity contribution in [2.24, 2.45) is 0 Å². The standard InChI is InChI=1S/C17H20N2/c1-2-3-6-12-18-16-11-7-9-14-13-8-4-5-10-15(13)19-17(14)16/h4-5,8,10,16,18-19H,6-7,9,11-12H2,1H3. The van der Waals surface area contributed by atoms with Crippen molar-refractivity contribution >= 4 is 10.9 Å². The molecule has 0 saturated heterocycles. The molecule has 1 aromatic carbocycles. The molecule has 1 aliphatic rings. The summed E-state index contributed by atoms with van der Waals surface area (Å²) in [5, 5.41) is 5.04. The average molecular weight is 252 g/mol. The van der Waals surface area contributed by atoms with Crippen LogP contribution in [-0.2, 0) is 6.42 Å². The van der Waals surface area contributed by atoms with Gasteiger partial charge in [0.1, 0.15) is 0 Å². The van der Waals surface area contributed by atoms with Crippen molar-refractivity contribution in [1.82, 2.24) is 10.3 Å². The van der Waals surface area contributed by atoms with Crippen LogP contribution in [0.3, 0.4) is 0 Å². The van der Waals surface area contributed by atoms with E-state index in [9.17, 15) is 0 Å². The van der Waals surface area contributed by atoms with E-state index in [2.05, 4.69) is 46.4 Å². The highest BCUT2D eigenvalue weighted by Crippen LogP contribution is 2.34. The van der Waals surface area contributed by atoms with Gasteiger partial charge < -0.3 is 10.3 Å². The molecular weight excluding hydrogens is 232 g/mol. The second-order valence-corrected chi connectivity index (χ2v) is 5.14. The molecule has 1 heterocycles. The van der Waals surface area contributed by atoms with Gasteiger partial charge in [-0.3, -0.25) is 0 Å². The zero-order valence-electron chi connectivity index (χ0n) is 11.4. The first-order valence-corrected chi connectivity index (χ1v) is 7.12. The largest absolute Gasteiger partial charge is 0.357 e. The summed E-state index contributed by atoms with van der Waals surface area (Å²) in [6.07, 6.45) is 4.63. The second kappa shape index (κ2) is 5.50. The predicted molar refractivity (Wildman–Crippen MR) is 80.0 cm³/mol. The Balaban J connectivity index is 1.84. The number of aromatic nitrogens is 1. The smallest absolute Gasteiger partial charge is 0.0476 e. The molecule has 2 heteroatoms. The third kappa shape index (κ3) is 2.39. The fourth-order valence-corrected chi connectivity index (χ4v) is 3.05. The van der Waals surface area contributed by atoms with Crippen LogP contribution in [0, 0.1) is 11.8 Å². The van der Waals surface area contributed by atoms with Crippen LogP contribution in [0.4, 0.5) is 0 Å². The lowest BCUT2D eigenvalue weighted by atomic mass is 9.91. The van der Waals surface area contributed by atoms with Gasteiger partial charge in [-0.05, 0) is 37.8 Å². The third-order valence-corrected chi connectivity index (χ3v) is 3.93. The van der Waals surface area contributed by atoms with Crippen LogP contribution in [0.15, 0.2) is 24.3 Å². The fraction of sp³-hybridized carbons (Fsp3) is 0.412. The molecule has 0 aliphatic heterocycles. The van der Waals surface area contributed by atoms with Crippen LogP contribution in [-0.4, -0.2) is 11.5 Å². The van der Waals surface area contributed by atoms with Crippen LogP contribution >= 0.6 is 0 Å². The maximum Gasteiger partial charge on any atom is 0.0476 e. The summed E-state index contributed by atoms with van der Waals surface area (Å²) in [5.74, 6) is 6.06. The maximum atomic E-state index is 3.64. The van der Waals surface area contributed by atoms with Crippen LogP contribution in [0.25, 0.3) is 10.9 Å². The van der Waals surface area contributed by atoms with E-state index < -0.39 is 0 Å². The molecule has 3 rings (SSSR count). The Hall–Kier alpha value is -1.72. The van der Waals surface area contributed by atoms with Gasteiger partial charge in [-0.2, -0.15) is 0 Å². The summed E-state index contributed by atoms with van der Waals surface area (Å²) in [6, 6.07) is 9.10. The van der Waals surface area contributed by atoms with E-state index in [1.54, 1.807) is 0 Å². The number of aromatic amines is 1. The van der Waals surface area contributed by atoms with Gasteiger partial charge in [0.25, 0.3) is 0 Å². The summed E-state index contributed by atoms with van der Waals surface area (Å²) >= 11 is 0. The molecule has 1 atom stereocenters. The maximum absolute atomic E-state index is 3.64. The number of para-hydroxylation sites is 1. The Kier molecular flexibility index (Phi) is 3.57. The molecule has 2 N–H and O–H groups in total. The lowest BCUT2D eigenvalue weighted by Crippen LogP contribution is -2.25. The predicted octanol–water partition coefficient (Wildman–Crippen LogP) is 3.55. The summed E-state index contributed by atoms with van der Waals surface area (Å²) in [6.45, 7) is 2.87. The summed E-state index contributed by atoms with van der Waals surface area (Å²) in [7, 11) is 0. The van der Waals surface area contributed by atoms with Gasteiger partial charge in [0, 0.05) is 35.6 Å². The number of benzene rings is 1. The second-order valence-electron chi connectivity index (χ2n) is 5.14. The van der Waals surface area contributed by atoms with Gasteiger partial charge in [-0.15, -0.1) is 11.8 Å². The van der Waals surface area contributed by atoms with Gasteiger partial charge >= 0.3 is 0 Å². The molecule has 0 radical (unpaired) electrons. The van der Waals surface area contributed by atoms with E-state index in [0.29, 0.717) is 6.04 Å². The van der Waals surface area contributed by atoms with Crippen LogP contribution in [0.2, 0.25) is 0 Å². The molecule has 0 bridgehead atoms. The molecule has 19 heavy (non-hydrogen) atoms. The van der Waals surface area contributed by atoms with E-state index >= 15 is 0 Å². The van der Waals surface area contributed by atoms with E-state index in [-0.39, 0.29) is 0 Å². The Labute approximate surface area is 114 Å². The van der Waals surface area contributed by atoms with Crippen molar-refractivity contribution in [3.05, 3.63) is 35.5 Å². The van der Waals surface area contributed by atoms with Gasteiger partial charge in [0.05, 0.1) is 0 Å². The molecular formula is C17H20N2. The Morgan fingerprint density at radius 1 is 1.37 bits per heavy atom. The molecule has 1 unspecified atom stereocenters. The molecule has 0 spiro atoms. The first kappa shape index (κ1) is 12.3. The minimum atomic E-state index is 0.467. The van der Waals surface area contributed by atoms with Crippen molar-refractivity contribution in [2.75, 3.05) is 6.54 Å². The van der Waals surface area contributed by atoms with Crippen LogP contribution < -0.4 is 5.32 Å². The highest BCUT2D eigenvalue weighted by molar-refractivity contribution is 5.85. The van der Waals surface area contributed by atoms with Crippen molar-refractivity contribution in [2.45, 2.75) is 38.6 Å². The third-order valence-electron chi connectivity index (χ3n) is 3.93. The first-order valence-electron chi connectivity index (χ1n) is 7.12.